The van der Waals surface area contributed by atoms with Crippen molar-refractivity contribution in [3.8, 4) is 11.5 Å². The van der Waals surface area contributed by atoms with Crippen molar-refractivity contribution in [1.29, 1.82) is 0 Å². The van der Waals surface area contributed by atoms with E-state index in [2.05, 4.69) is 0 Å². The van der Waals surface area contributed by atoms with Gasteiger partial charge in [0, 0.05) is 34.4 Å². The van der Waals surface area contributed by atoms with Gasteiger partial charge < -0.3 is 14.4 Å². The number of likely N-dealkylation sites (N-methyl/N-ethyl adjacent to an activating group) is 1. The lowest BCUT2D eigenvalue weighted by molar-refractivity contribution is -0.138. The molecule has 1 aromatic carbocycles. The molecule has 0 amide bonds. The Bertz CT molecular complexity index is 1160. The lowest BCUT2D eigenvalue weighted by Crippen LogP contribution is -2.65. The largest absolute Gasteiger partial charge is 0.493 e. The van der Waals surface area contributed by atoms with Crippen LogP contribution in [0.4, 0.5) is 0 Å². The van der Waals surface area contributed by atoms with Crippen LogP contribution in [0.3, 0.4) is 0 Å². The van der Waals surface area contributed by atoms with Gasteiger partial charge >= 0.3 is 0 Å². The van der Waals surface area contributed by atoms with Crippen molar-refractivity contribution in [2.24, 2.45) is 5.89 Å². The van der Waals surface area contributed by atoms with E-state index >= 15 is 0 Å². The number of methoxy groups -OCH3 is 1. The van der Waals surface area contributed by atoms with E-state index in [1.807, 2.05) is 0 Å². The predicted molar refractivity (Wildman–Crippen MR) is 81.6 cm³/mol. The Kier molecular flexibility index (Phi) is 1.01. The van der Waals surface area contributed by atoms with E-state index in [1.54, 1.807) is 0 Å². The Labute approximate surface area is 148 Å². The summed E-state index contributed by atoms with van der Waals surface area (Å²) in [5.41, 5.74) is -2.41. The van der Waals surface area contributed by atoms with Gasteiger partial charge in [0.25, 0.3) is 0 Å². The van der Waals surface area contributed by atoms with Gasteiger partial charge in [-0.25, -0.2) is 0 Å². The number of piperidine rings is 1. The third kappa shape index (κ3) is 1.27. The molecule has 4 nitrogen and oxygen atoms in total. The number of Topliss-reactive ketones (excluding diaryl/α,β-unsaturated/α-hetero) is 1. The molecule has 2 fully saturated rings. The molecule has 1 aromatic rings. The van der Waals surface area contributed by atoms with Crippen molar-refractivity contribution in [1.82, 2.24) is 4.90 Å². The van der Waals surface area contributed by atoms with Crippen LogP contribution in [0.25, 0.3) is 0 Å². The molecule has 1 unspecified atom stereocenters. The Hall–Kier alpha value is -1.55. The molecule has 22 heavy (non-hydrogen) atoms. The van der Waals surface area contributed by atoms with Gasteiger partial charge in [-0.2, -0.15) is 0 Å². The Morgan fingerprint density at radius 1 is 1.64 bits per heavy atom. The number of carbonyl (C=O) groups excluding carboxylic acids is 1. The van der Waals surface area contributed by atoms with E-state index < -0.39 is 91.6 Å². The highest BCUT2D eigenvalue weighted by Gasteiger charge is 2.65. The maximum Gasteiger partial charge on any atom is 0.174 e. The van der Waals surface area contributed by atoms with E-state index in [0.29, 0.717) is 0 Å². The monoisotopic (exact) mass is 312 g/mol. The highest BCUT2D eigenvalue weighted by Crippen LogP contribution is 2.62. The van der Waals surface area contributed by atoms with Crippen LogP contribution in [0.5, 0.6) is 11.5 Å². The van der Waals surface area contributed by atoms with E-state index in [1.165, 1.54) is 0 Å². The highest BCUT2D eigenvalue weighted by atomic mass is 16.5. The molecule has 0 radical (unpaired) electrons. The van der Waals surface area contributed by atoms with Gasteiger partial charge in [-0.15, -0.1) is 0 Å². The molecule has 4 atom stereocenters. The number of hydrogen-bond acceptors (Lipinski definition) is 4. The van der Waals surface area contributed by atoms with Crippen LogP contribution in [0.2, 0.25) is 0 Å². The molecule has 5 rings (SSSR count). The van der Waals surface area contributed by atoms with E-state index in [9.17, 15) is 6.17 Å². The average molecular weight is 312 g/mol. The number of carbonyl (C=O) groups is 1. The summed E-state index contributed by atoms with van der Waals surface area (Å²) < 4.78 is 118. The first kappa shape index (κ1) is 5.52. The number of nitrogens with zero attached hydrogens (tertiary/aromatic N) is 1. The standard InChI is InChI=1S/C18H21NO3/c1-19-8-7-18-11-4-5-13(20)17(18)22-16-14(21-2)6-3-10(15(16)18)9-12(11)19/h3,6,11-12,17H,4-5,7-9H2,1-2H3/t11-,12+,17?,18-/m0/s1/i1D3,2D3,3D,5D2,6D,9D2,11D. The third-order valence-corrected chi connectivity index (χ3v) is 5.15. The van der Waals surface area contributed by atoms with Gasteiger partial charge in [0.05, 0.1) is 13.9 Å². The predicted octanol–water partition coefficient (Wildman–Crippen LogP) is 1.93. The lowest BCUT2D eigenvalue weighted by atomic mass is 9.52. The Morgan fingerprint density at radius 3 is 3.45 bits per heavy atom. The average Bonchev–Trinajstić information content (AvgIpc) is 2.99. The van der Waals surface area contributed by atoms with Gasteiger partial charge in [-0.3, -0.25) is 4.79 Å². The van der Waals surface area contributed by atoms with Crippen molar-refractivity contribution in [2.45, 2.75) is 43.1 Å². The molecule has 2 heterocycles. The minimum atomic E-state index is -3.10. The molecule has 1 spiro atoms. The van der Waals surface area contributed by atoms with Crippen LogP contribution in [0.15, 0.2) is 12.1 Å². The number of likely N-dealkylation sites (tertiary alicyclic amines) is 1. The fraction of sp³-hybridized carbons (Fsp3) is 0.611. The summed E-state index contributed by atoms with van der Waals surface area (Å²) in [4.78, 5) is 14.1. The second-order valence-electron chi connectivity index (χ2n) is 5.96. The smallest absolute Gasteiger partial charge is 0.174 e. The van der Waals surface area contributed by atoms with Crippen molar-refractivity contribution in [3.63, 3.8) is 0 Å². The fourth-order valence-electron chi connectivity index (χ4n) is 4.25. The zero-order valence-corrected chi connectivity index (χ0v) is 11.4. The third-order valence-electron chi connectivity index (χ3n) is 5.15. The fourth-order valence-corrected chi connectivity index (χ4v) is 4.25. The summed E-state index contributed by atoms with van der Waals surface area (Å²) in [6.07, 6.45) is -8.22. The molecule has 116 valence electrons. The van der Waals surface area contributed by atoms with Crippen molar-refractivity contribution < 1.29 is 32.1 Å². The minimum Gasteiger partial charge on any atom is -0.493 e. The zero-order chi connectivity index (χ0) is 26.3. The minimum absolute atomic E-state index is 0.173. The maximum atomic E-state index is 13.3. The first-order chi connectivity index (χ1) is 15.7. The van der Waals surface area contributed by atoms with Gasteiger partial charge in [-0.1, -0.05) is 6.04 Å². The zero-order valence-electron chi connectivity index (χ0n) is 24.4. The maximum absolute atomic E-state index is 13.3. The van der Waals surface area contributed by atoms with Crippen LogP contribution in [0, 0.1) is 5.89 Å². The Morgan fingerprint density at radius 2 is 2.59 bits per heavy atom. The molecule has 0 N–H and O–H groups in total. The molecule has 2 aliphatic heterocycles. The van der Waals surface area contributed by atoms with Gasteiger partial charge in [0.2, 0.25) is 0 Å². The van der Waals surface area contributed by atoms with E-state index in [-0.39, 0.29) is 18.5 Å². The number of rotatable bonds is 1. The summed E-state index contributed by atoms with van der Waals surface area (Å²) in [7, 11) is -3.10. The number of ether oxygens (including phenoxy) is 2. The summed E-state index contributed by atoms with van der Waals surface area (Å²) in [5, 5.41) is 0. The summed E-state index contributed by atoms with van der Waals surface area (Å²) in [5.74, 6) is -4.50. The summed E-state index contributed by atoms with van der Waals surface area (Å²) in [6, 6.07) is -3.42. The normalized spacial score (nSPS) is 56.2. The second-order valence-corrected chi connectivity index (χ2v) is 5.96. The molecule has 1 saturated carbocycles. The first-order valence-electron chi connectivity index (χ1n) is 13.6. The molecule has 1 saturated heterocycles. The molecule has 4 aliphatic rings. The quantitative estimate of drug-likeness (QED) is 0.794. The van der Waals surface area contributed by atoms with Gasteiger partial charge in [0.1, 0.15) is 0 Å². The molecular weight excluding hydrogens is 278 g/mol. The number of benzene rings is 1. The van der Waals surface area contributed by atoms with Gasteiger partial charge in [0.15, 0.2) is 23.4 Å². The highest BCUT2D eigenvalue weighted by molar-refractivity contribution is 5.89. The first-order valence-corrected chi connectivity index (χ1v) is 7.07. The number of ketones is 1. The van der Waals surface area contributed by atoms with Crippen molar-refractivity contribution in [3.05, 3.63) is 23.2 Å². The van der Waals surface area contributed by atoms with Crippen molar-refractivity contribution in [2.75, 3.05) is 20.6 Å². The number of hydrogen-bond donors (Lipinski definition) is 0. The molecule has 2 bridgehead atoms. The molecule has 4 heteroatoms. The van der Waals surface area contributed by atoms with Crippen LogP contribution in [-0.4, -0.2) is 43.4 Å². The SMILES string of the molecule is [2H]c1c([2H])c2c3c(c1OC([2H])([2H])[2H])OC1C(=O)C([2H])([2H])C[C@@]4([2H])[C@H](N(C([2H])([2H])[2H])CC[C@]314)C2([2H])[2H]. The lowest BCUT2D eigenvalue weighted by Gasteiger charge is -2.57. The summed E-state index contributed by atoms with van der Waals surface area (Å²) in [6.45, 7) is -3.17. The van der Waals surface area contributed by atoms with E-state index in [0.717, 1.165) is 4.90 Å². The summed E-state index contributed by atoms with van der Waals surface area (Å²) >= 11 is 0. The molecular formula is C18H21NO3. The van der Waals surface area contributed by atoms with Crippen LogP contribution < -0.4 is 9.47 Å². The van der Waals surface area contributed by atoms with E-state index in [4.69, 9.17) is 25.9 Å². The molecule has 0 aromatic heterocycles. The Balaban J connectivity index is 1.93. The van der Waals surface area contributed by atoms with Crippen LogP contribution >= 0.6 is 0 Å². The van der Waals surface area contributed by atoms with Crippen molar-refractivity contribution >= 4 is 5.78 Å². The molecule has 2 aliphatic carbocycles. The second kappa shape index (κ2) is 4.05. The van der Waals surface area contributed by atoms with Crippen LogP contribution in [0.1, 0.15) is 48.2 Å². The van der Waals surface area contributed by atoms with Crippen LogP contribution in [-0.2, 0) is 16.6 Å². The topological polar surface area (TPSA) is 38.8 Å². The van der Waals surface area contributed by atoms with Gasteiger partial charge in [-0.05, 0) is 50.2 Å².